The van der Waals surface area contributed by atoms with Crippen LogP contribution in [-0.4, -0.2) is 5.78 Å². The van der Waals surface area contributed by atoms with Gasteiger partial charge in [0, 0.05) is 17.5 Å². The Morgan fingerprint density at radius 1 is 0.621 bits per heavy atom. The minimum absolute atomic E-state index is 0.0127. The van der Waals surface area contributed by atoms with Crippen molar-refractivity contribution >= 4 is 11.5 Å². The summed E-state index contributed by atoms with van der Waals surface area (Å²) in [5.74, 6) is 0.183. The van der Waals surface area contributed by atoms with E-state index < -0.39 is 0 Å². The smallest absolute Gasteiger partial charge is 0.167 e. The summed E-state index contributed by atoms with van der Waals surface area (Å²) in [6, 6.07) is 35.0. The molecule has 1 atom stereocenters. The lowest BCUT2D eigenvalue weighted by Crippen LogP contribution is -2.23. The second-order valence-electron chi connectivity index (χ2n) is 7.41. The van der Waals surface area contributed by atoms with Gasteiger partial charge in [-0.1, -0.05) is 91.0 Å². The maximum atomic E-state index is 13.2. The summed E-state index contributed by atoms with van der Waals surface area (Å²) in [6.45, 7) is 0. The molecule has 1 N–H and O–H groups in total. The number of benzene rings is 4. The van der Waals surface area contributed by atoms with Gasteiger partial charge < -0.3 is 5.32 Å². The monoisotopic (exact) mass is 375 g/mol. The molecule has 1 aliphatic rings. The summed E-state index contributed by atoms with van der Waals surface area (Å²) >= 11 is 0. The van der Waals surface area contributed by atoms with Gasteiger partial charge in [-0.2, -0.15) is 0 Å². The average Bonchev–Trinajstić information content (AvgIpc) is 2.80. The fourth-order valence-electron chi connectivity index (χ4n) is 4.07. The molecule has 0 saturated carbocycles. The zero-order valence-corrected chi connectivity index (χ0v) is 16.0. The Kier molecular flexibility index (Phi) is 4.45. The minimum atomic E-state index is -0.0127. The summed E-state index contributed by atoms with van der Waals surface area (Å²) in [6.07, 6.45) is 0.462. The van der Waals surface area contributed by atoms with Gasteiger partial charge >= 0.3 is 0 Å². The van der Waals surface area contributed by atoms with E-state index in [1.165, 1.54) is 0 Å². The van der Waals surface area contributed by atoms with E-state index >= 15 is 0 Å². The SMILES string of the molecule is O=C1CC(c2ccccc2)Nc2c1cc(-c1ccccc1)cc2-c1ccccc1. The number of ketones is 1. The molecule has 140 valence electrons. The van der Waals surface area contributed by atoms with Crippen LogP contribution in [0, 0.1) is 0 Å². The molecule has 0 saturated heterocycles. The van der Waals surface area contributed by atoms with Crippen molar-refractivity contribution in [3.8, 4) is 22.3 Å². The highest BCUT2D eigenvalue weighted by Gasteiger charge is 2.28. The van der Waals surface area contributed by atoms with Crippen molar-refractivity contribution in [2.75, 3.05) is 5.32 Å². The summed E-state index contributed by atoms with van der Waals surface area (Å²) in [4.78, 5) is 13.2. The van der Waals surface area contributed by atoms with Crippen LogP contribution in [0.15, 0.2) is 103 Å². The zero-order chi connectivity index (χ0) is 19.6. The first-order chi connectivity index (χ1) is 14.3. The third-order valence-corrected chi connectivity index (χ3v) is 5.54. The molecule has 0 amide bonds. The fourth-order valence-corrected chi connectivity index (χ4v) is 4.07. The number of carbonyl (C=O) groups is 1. The molecule has 1 heterocycles. The topological polar surface area (TPSA) is 29.1 Å². The highest BCUT2D eigenvalue weighted by atomic mass is 16.1. The number of carbonyl (C=O) groups excluding carboxylic acids is 1. The number of anilines is 1. The van der Waals surface area contributed by atoms with Crippen molar-refractivity contribution < 1.29 is 4.79 Å². The maximum absolute atomic E-state index is 13.2. The van der Waals surface area contributed by atoms with Crippen molar-refractivity contribution in [2.45, 2.75) is 12.5 Å². The van der Waals surface area contributed by atoms with Crippen LogP contribution in [0.5, 0.6) is 0 Å². The molecule has 0 fully saturated rings. The minimum Gasteiger partial charge on any atom is -0.377 e. The molecule has 4 aromatic rings. The first kappa shape index (κ1) is 17.4. The van der Waals surface area contributed by atoms with Gasteiger partial charge in [0.25, 0.3) is 0 Å². The van der Waals surface area contributed by atoms with E-state index in [-0.39, 0.29) is 11.8 Å². The van der Waals surface area contributed by atoms with Crippen LogP contribution in [0.4, 0.5) is 5.69 Å². The molecular weight excluding hydrogens is 354 g/mol. The first-order valence-electron chi connectivity index (χ1n) is 9.93. The molecule has 1 aliphatic heterocycles. The number of hydrogen-bond donors (Lipinski definition) is 1. The Morgan fingerprint density at radius 3 is 1.83 bits per heavy atom. The molecule has 4 aromatic carbocycles. The molecule has 1 unspecified atom stereocenters. The van der Waals surface area contributed by atoms with Crippen LogP contribution >= 0.6 is 0 Å². The Hall–Kier alpha value is -3.65. The molecule has 2 nitrogen and oxygen atoms in total. The summed E-state index contributed by atoms with van der Waals surface area (Å²) in [7, 11) is 0. The maximum Gasteiger partial charge on any atom is 0.167 e. The van der Waals surface area contributed by atoms with Crippen LogP contribution in [0.1, 0.15) is 28.4 Å². The van der Waals surface area contributed by atoms with Gasteiger partial charge in [-0.3, -0.25) is 4.79 Å². The number of fused-ring (bicyclic) bond motifs is 1. The highest BCUT2D eigenvalue weighted by molar-refractivity contribution is 6.08. The highest BCUT2D eigenvalue weighted by Crippen LogP contribution is 2.42. The summed E-state index contributed by atoms with van der Waals surface area (Å²) in [5.41, 5.74) is 7.20. The second kappa shape index (κ2) is 7.40. The molecule has 5 rings (SSSR count). The Labute approximate surface area is 170 Å². The number of nitrogens with one attached hydrogen (secondary N) is 1. The lowest BCUT2D eigenvalue weighted by molar-refractivity contribution is 0.0972. The molecular formula is C27H21NO. The Bertz CT molecular complexity index is 1150. The fraction of sp³-hybridized carbons (Fsp3) is 0.0741. The van der Waals surface area contributed by atoms with E-state index in [9.17, 15) is 4.79 Å². The number of hydrogen-bond acceptors (Lipinski definition) is 2. The molecule has 2 heteroatoms. The van der Waals surface area contributed by atoms with Gasteiger partial charge in [0.15, 0.2) is 5.78 Å². The lowest BCUT2D eigenvalue weighted by atomic mass is 9.86. The van der Waals surface area contributed by atoms with E-state index in [0.717, 1.165) is 39.1 Å². The molecule has 0 aliphatic carbocycles. The molecule has 29 heavy (non-hydrogen) atoms. The lowest BCUT2D eigenvalue weighted by Gasteiger charge is -2.29. The predicted octanol–water partition coefficient (Wildman–Crippen LogP) is 6.76. The van der Waals surface area contributed by atoms with E-state index in [1.54, 1.807) is 0 Å². The third-order valence-electron chi connectivity index (χ3n) is 5.54. The van der Waals surface area contributed by atoms with Crippen molar-refractivity contribution in [3.05, 3.63) is 114 Å². The predicted molar refractivity (Wildman–Crippen MR) is 119 cm³/mol. The number of Topliss-reactive ketones (excluding diaryl/α,β-unsaturated/α-hetero) is 1. The van der Waals surface area contributed by atoms with Crippen LogP contribution < -0.4 is 5.32 Å². The first-order valence-corrected chi connectivity index (χ1v) is 9.93. The van der Waals surface area contributed by atoms with Gasteiger partial charge in [0.2, 0.25) is 0 Å². The van der Waals surface area contributed by atoms with E-state index in [4.69, 9.17) is 0 Å². The van der Waals surface area contributed by atoms with Crippen LogP contribution in [0.25, 0.3) is 22.3 Å². The van der Waals surface area contributed by atoms with Crippen LogP contribution in [0.2, 0.25) is 0 Å². The van der Waals surface area contributed by atoms with E-state index in [0.29, 0.717) is 6.42 Å². The van der Waals surface area contributed by atoms with Gasteiger partial charge in [-0.05, 0) is 34.4 Å². The van der Waals surface area contributed by atoms with Gasteiger partial charge in [0.05, 0.1) is 11.7 Å². The van der Waals surface area contributed by atoms with E-state index in [1.807, 2.05) is 60.7 Å². The largest absolute Gasteiger partial charge is 0.377 e. The van der Waals surface area contributed by atoms with Crippen molar-refractivity contribution in [1.29, 1.82) is 0 Å². The molecule has 0 radical (unpaired) electrons. The second-order valence-corrected chi connectivity index (χ2v) is 7.41. The Morgan fingerprint density at radius 2 is 1.17 bits per heavy atom. The van der Waals surface area contributed by atoms with Crippen molar-refractivity contribution in [1.82, 2.24) is 0 Å². The van der Waals surface area contributed by atoms with Gasteiger partial charge in [0.1, 0.15) is 0 Å². The van der Waals surface area contributed by atoms with Crippen LogP contribution in [-0.2, 0) is 0 Å². The van der Waals surface area contributed by atoms with Crippen molar-refractivity contribution in [2.24, 2.45) is 0 Å². The summed E-state index contributed by atoms with van der Waals surface area (Å²) in [5, 5.41) is 3.67. The molecule has 0 spiro atoms. The zero-order valence-electron chi connectivity index (χ0n) is 16.0. The quantitative estimate of drug-likeness (QED) is 0.428. The average molecular weight is 375 g/mol. The van der Waals surface area contributed by atoms with Gasteiger partial charge in [-0.15, -0.1) is 0 Å². The normalized spacial score (nSPS) is 15.4. The molecule has 0 bridgehead atoms. The standard InChI is InChI=1S/C27H21NO/c29-26-18-25(21-14-8-3-9-15-21)28-27-23(20-12-6-2-7-13-20)16-22(17-24(26)27)19-10-4-1-5-11-19/h1-17,25,28H,18H2. The number of rotatable bonds is 3. The van der Waals surface area contributed by atoms with Gasteiger partial charge in [-0.25, -0.2) is 0 Å². The third kappa shape index (κ3) is 3.34. The molecule has 0 aromatic heterocycles. The van der Waals surface area contributed by atoms with Crippen LogP contribution in [0.3, 0.4) is 0 Å². The van der Waals surface area contributed by atoms with Crippen molar-refractivity contribution in [3.63, 3.8) is 0 Å². The van der Waals surface area contributed by atoms with E-state index in [2.05, 4.69) is 47.8 Å². The Balaban J connectivity index is 1.69. The summed E-state index contributed by atoms with van der Waals surface area (Å²) < 4.78 is 0.